The summed E-state index contributed by atoms with van der Waals surface area (Å²) in [5.74, 6) is -2.97. The zero-order chi connectivity index (χ0) is 19.9. The van der Waals surface area contributed by atoms with Gasteiger partial charge in [0.2, 0.25) is 17.7 Å². The van der Waals surface area contributed by atoms with Crippen molar-refractivity contribution in [1.29, 1.82) is 0 Å². The van der Waals surface area contributed by atoms with Gasteiger partial charge in [-0.3, -0.25) is 24.6 Å². The molecule has 0 bridgehead atoms. The van der Waals surface area contributed by atoms with Crippen molar-refractivity contribution in [3.05, 3.63) is 28.8 Å². The quantitative estimate of drug-likeness (QED) is 0.625. The number of carbonyl (C=O) groups excluding carboxylic acids is 3. The van der Waals surface area contributed by atoms with Gasteiger partial charge in [-0.25, -0.2) is 0 Å². The molecule has 1 aromatic carbocycles. The molecule has 144 valence electrons. The number of rotatable bonds is 1. The molecular formula is C19H22ClN3O4. The molecule has 3 N–H and O–H groups in total. The van der Waals surface area contributed by atoms with E-state index in [1.165, 1.54) is 4.90 Å². The van der Waals surface area contributed by atoms with Crippen LogP contribution in [0.5, 0.6) is 0 Å². The van der Waals surface area contributed by atoms with Crippen molar-refractivity contribution in [3.63, 3.8) is 0 Å². The summed E-state index contributed by atoms with van der Waals surface area (Å²) in [5, 5.41) is 16.6. The minimum absolute atomic E-state index is 0.362. The van der Waals surface area contributed by atoms with Crippen LogP contribution in [0.1, 0.15) is 33.3 Å². The molecule has 27 heavy (non-hydrogen) atoms. The van der Waals surface area contributed by atoms with Gasteiger partial charge in [0.25, 0.3) is 0 Å². The molecule has 0 aliphatic carbocycles. The smallest absolute Gasteiger partial charge is 0.250 e. The van der Waals surface area contributed by atoms with E-state index in [1.807, 2.05) is 0 Å². The van der Waals surface area contributed by atoms with Gasteiger partial charge in [-0.2, -0.15) is 0 Å². The van der Waals surface area contributed by atoms with Gasteiger partial charge in [0.05, 0.1) is 28.6 Å². The second-order valence-corrected chi connectivity index (χ2v) is 8.93. The molecule has 7 nitrogen and oxygen atoms in total. The molecule has 8 heteroatoms. The van der Waals surface area contributed by atoms with Crippen LogP contribution in [-0.2, 0) is 19.9 Å². The number of imide groups is 1. The first-order valence-corrected chi connectivity index (χ1v) is 9.33. The maximum Gasteiger partial charge on any atom is 0.250 e. The standard InChI is InChI=1S/C19H22ClN3O4/c1-8(24)13-11-12(16(26)23(15(11)25)18(2,3)4)19(22-13)9-6-5-7-10(20)14(9)21-17(19)27/h5-8,11-13,22,24H,1-4H3,(H,21,27)/t8-,11-,12-,13-,19+/m0/s1. The van der Waals surface area contributed by atoms with Crippen LogP contribution in [0.3, 0.4) is 0 Å². The number of carbonyl (C=O) groups is 3. The summed E-state index contributed by atoms with van der Waals surface area (Å²) < 4.78 is 0. The number of hydrogen-bond acceptors (Lipinski definition) is 5. The third kappa shape index (κ3) is 2.19. The number of para-hydroxylation sites is 1. The third-order valence-electron chi connectivity index (χ3n) is 5.82. The van der Waals surface area contributed by atoms with Crippen LogP contribution >= 0.6 is 11.6 Å². The monoisotopic (exact) mass is 391 g/mol. The normalized spacial score (nSPS) is 33.5. The third-order valence-corrected chi connectivity index (χ3v) is 6.14. The van der Waals surface area contributed by atoms with Crippen LogP contribution in [0.15, 0.2) is 18.2 Å². The molecular weight excluding hydrogens is 370 g/mol. The maximum absolute atomic E-state index is 13.4. The van der Waals surface area contributed by atoms with Crippen LogP contribution in [0.2, 0.25) is 5.02 Å². The van der Waals surface area contributed by atoms with E-state index < -0.39 is 46.9 Å². The van der Waals surface area contributed by atoms with Gasteiger partial charge in [0.1, 0.15) is 5.54 Å². The molecule has 0 radical (unpaired) electrons. The van der Waals surface area contributed by atoms with Gasteiger partial charge in [0.15, 0.2) is 0 Å². The topological polar surface area (TPSA) is 98.7 Å². The molecule has 5 atom stereocenters. The number of amides is 3. The van der Waals surface area contributed by atoms with E-state index in [9.17, 15) is 19.5 Å². The Morgan fingerprint density at radius 2 is 1.89 bits per heavy atom. The van der Waals surface area contributed by atoms with Gasteiger partial charge < -0.3 is 10.4 Å². The Hall–Kier alpha value is -1.96. The van der Waals surface area contributed by atoms with Crippen molar-refractivity contribution in [2.24, 2.45) is 11.8 Å². The van der Waals surface area contributed by atoms with Gasteiger partial charge in [-0.15, -0.1) is 0 Å². The molecule has 3 amide bonds. The van der Waals surface area contributed by atoms with Crippen molar-refractivity contribution in [3.8, 4) is 0 Å². The Morgan fingerprint density at radius 3 is 2.48 bits per heavy atom. The number of anilines is 1. The van der Waals surface area contributed by atoms with E-state index in [-0.39, 0.29) is 5.91 Å². The minimum Gasteiger partial charge on any atom is -0.392 e. The first kappa shape index (κ1) is 18.4. The number of benzene rings is 1. The number of aliphatic hydroxyl groups excluding tert-OH is 1. The molecule has 0 saturated carbocycles. The molecule has 3 heterocycles. The molecule has 3 aliphatic rings. The molecule has 3 aliphatic heterocycles. The number of halogens is 1. The summed E-state index contributed by atoms with van der Waals surface area (Å²) in [5.41, 5.74) is -1.18. The van der Waals surface area contributed by atoms with Crippen molar-refractivity contribution >= 4 is 35.0 Å². The van der Waals surface area contributed by atoms with Crippen LogP contribution in [0.25, 0.3) is 0 Å². The van der Waals surface area contributed by atoms with Crippen molar-refractivity contribution < 1.29 is 19.5 Å². The molecule has 0 aromatic heterocycles. The summed E-state index contributed by atoms with van der Waals surface area (Å²) in [4.78, 5) is 40.9. The summed E-state index contributed by atoms with van der Waals surface area (Å²) in [6, 6.07) is 4.36. The number of likely N-dealkylation sites (tertiary alicyclic amines) is 1. The van der Waals surface area contributed by atoms with Crippen molar-refractivity contribution in [1.82, 2.24) is 10.2 Å². The predicted molar refractivity (Wildman–Crippen MR) is 99.0 cm³/mol. The Bertz CT molecular complexity index is 878. The molecule has 1 aromatic rings. The number of fused-ring (bicyclic) bond motifs is 4. The van der Waals surface area contributed by atoms with Gasteiger partial charge in [0, 0.05) is 17.1 Å². The summed E-state index contributed by atoms with van der Waals surface area (Å²) in [6.45, 7) is 6.89. The molecule has 4 rings (SSSR count). The van der Waals surface area contributed by atoms with Crippen molar-refractivity contribution in [2.75, 3.05) is 5.32 Å². The summed E-state index contributed by atoms with van der Waals surface area (Å²) >= 11 is 6.25. The van der Waals surface area contributed by atoms with E-state index in [4.69, 9.17) is 11.6 Å². The zero-order valence-electron chi connectivity index (χ0n) is 15.5. The van der Waals surface area contributed by atoms with Gasteiger partial charge in [-0.05, 0) is 33.8 Å². The van der Waals surface area contributed by atoms with E-state index in [1.54, 1.807) is 45.9 Å². The highest BCUT2D eigenvalue weighted by Gasteiger charge is 2.72. The number of nitrogens with zero attached hydrogens (tertiary/aromatic N) is 1. The lowest BCUT2D eigenvalue weighted by molar-refractivity contribution is -0.148. The fourth-order valence-corrected chi connectivity index (χ4v) is 5.02. The van der Waals surface area contributed by atoms with E-state index in [2.05, 4.69) is 10.6 Å². The highest BCUT2D eigenvalue weighted by molar-refractivity contribution is 6.35. The van der Waals surface area contributed by atoms with E-state index >= 15 is 0 Å². The lowest BCUT2D eigenvalue weighted by Crippen LogP contribution is -2.57. The van der Waals surface area contributed by atoms with Crippen molar-refractivity contribution in [2.45, 2.75) is 50.9 Å². The van der Waals surface area contributed by atoms with Gasteiger partial charge >= 0.3 is 0 Å². The number of hydrogen-bond donors (Lipinski definition) is 3. The minimum atomic E-state index is -1.43. The van der Waals surface area contributed by atoms with Crippen LogP contribution in [0.4, 0.5) is 5.69 Å². The predicted octanol–water partition coefficient (Wildman–Crippen LogP) is 1.24. The summed E-state index contributed by atoms with van der Waals surface area (Å²) in [7, 11) is 0. The summed E-state index contributed by atoms with van der Waals surface area (Å²) in [6.07, 6.45) is -0.926. The van der Waals surface area contributed by atoms with Crippen LogP contribution < -0.4 is 10.6 Å². The van der Waals surface area contributed by atoms with E-state index in [0.717, 1.165) is 0 Å². The molecule has 0 unspecified atom stereocenters. The molecule has 1 spiro atoms. The molecule has 2 fully saturated rings. The molecule has 2 saturated heterocycles. The SMILES string of the molecule is C[C@H](O)[C@@H]1N[C@@]2(C(=O)Nc3c(Cl)cccc32)[C@@H]2C(=O)N(C(C)(C)C)C(=O)[C@H]12. The van der Waals surface area contributed by atoms with E-state index in [0.29, 0.717) is 16.3 Å². The average Bonchev–Trinajstić information content (AvgIpc) is 3.13. The maximum atomic E-state index is 13.4. The number of nitrogens with one attached hydrogen (secondary N) is 2. The Kier molecular flexibility index (Phi) is 3.77. The fourth-order valence-electron chi connectivity index (χ4n) is 4.80. The van der Waals surface area contributed by atoms with Gasteiger partial charge in [-0.1, -0.05) is 23.7 Å². The highest BCUT2D eigenvalue weighted by atomic mass is 35.5. The zero-order valence-corrected chi connectivity index (χ0v) is 16.3. The largest absolute Gasteiger partial charge is 0.392 e. The lowest BCUT2D eigenvalue weighted by atomic mass is 9.76. The second-order valence-electron chi connectivity index (χ2n) is 8.52. The first-order valence-electron chi connectivity index (χ1n) is 8.96. The first-order chi connectivity index (χ1) is 12.5. The fraction of sp³-hybridized carbons (Fsp3) is 0.526. The van der Waals surface area contributed by atoms with Crippen LogP contribution in [-0.4, -0.2) is 45.4 Å². The lowest BCUT2D eigenvalue weighted by Gasteiger charge is -2.35. The highest BCUT2D eigenvalue weighted by Crippen LogP contribution is 2.55. The Morgan fingerprint density at radius 1 is 1.22 bits per heavy atom. The second kappa shape index (κ2) is 5.53. The van der Waals surface area contributed by atoms with Crippen LogP contribution in [0, 0.1) is 11.8 Å². The Balaban J connectivity index is 1.95. The Labute approximate surface area is 162 Å². The average molecular weight is 392 g/mol. The number of aliphatic hydroxyl groups is 1.